The molecule has 0 spiro atoms. The van der Waals surface area contributed by atoms with Crippen LogP contribution in [0.25, 0.3) is 11.1 Å². The highest BCUT2D eigenvalue weighted by Gasteiger charge is 2.30. The van der Waals surface area contributed by atoms with Crippen LogP contribution in [0, 0.1) is 0 Å². The molecule has 3 aromatic carbocycles. The van der Waals surface area contributed by atoms with E-state index in [0.29, 0.717) is 6.54 Å². The molecule has 2 aliphatic heterocycles. The Morgan fingerprint density at radius 3 is 2.06 bits per heavy atom. The molecule has 0 bridgehead atoms. The average molecular weight is 435 g/mol. The molecule has 167 valence electrons. The van der Waals surface area contributed by atoms with E-state index < -0.39 is 0 Å². The van der Waals surface area contributed by atoms with Crippen molar-refractivity contribution in [3.8, 4) is 11.1 Å². The Hall–Kier alpha value is -3.14. The van der Waals surface area contributed by atoms with Crippen LogP contribution in [0.3, 0.4) is 0 Å². The van der Waals surface area contributed by atoms with E-state index in [1.54, 1.807) is 0 Å². The van der Waals surface area contributed by atoms with Gasteiger partial charge in [-0.1, -0.05) is 72.8 Å². The molecular formula is C29H32BN2O. The lowest BCUT2D eigenvalue weighted by molar-refractivity contribution is -0.538. The first kappa shape index (κ1) is 23.0. The molecule has 0 atom stereocenters. The maximum Gasteiger partial charge on any atom is 0.247 e. The maximum absolute atomic E-state index is 12.8. The van der Waals surface area contributed by atoms with E-state index in [2.05, 4.69) is 33.7 Å². The minimum absolute atomic E-state index is 0.225. The fraction of sp³-hybridized carbons (Fsp3) is 0.310. The molecule has 5 rings (SSSR count). The number of hydrogen-bond donors (Lipinski definition) is 0. The Morgan fingerprint density at radius 2 is 1.39 bits per heavy atom. The van der Waals surface area contributed by atoms with Crippen molar-refractivity contribution in [1.82, 2.24) is 4.90 Å². The number of rotatable bonds is 4. The number of amidine groups is 1. The van der Waals surface area contributed by atoms with Gasteiger partial charge in [0.25, 0.3) is 0 Å². The van der Waals surface area contributed by atoms with E-state index in [1.807, 2.05) is 60.7 Å². The van der Waals surface area contributed by atoms with Crippen molar-refractivity contribution >= 4 is 24.9 Å². The van der Waals surface area contributed by atoms with Crippen LogP contribution >= 0.6 is 0 Å². The fourth-order valence-corrected chi connectivity index (χ4v) is 4.60. The fourth-order valence-electron chi connectivity index (χ4n) is 4.60. The van der Waals surface area contributed by atoms with Gasteiger partial charge in [0.15, 0.2) is 0 Å². The van der Waals surface area contributed by atoms with Crippen LogP contribution in [-0.2, 0) is 0 Å². The lowest BCUT2D eigenvalue weighted by atomic mass is 9.97. The van der Waals surface area contributed by atoms with Gasteiger partial charge in [-0.3, -0.25) is 14.3 Å². The number of Topliss-reactive ketones (excluding diaryl/α,β-unsaturated/α-hetero) is 1. The first-order chi connectivity index (χ1) is 16.2. The van der Waals surface area contributed by atoms with Gasteiger partial charge >= 0.3 is 0 Å². The minimum Gasteiger partial charge on any atom is -0.580 e. The molecule has 0 saturated heterocycles. The van der Waals surface area contributed by atoms with Crippen molar-refractivity contribution in [3.05, 3.63) is 90.5 Å². The Kier molecular flexibility index (Phi) is 8.13. The molecule has 33 heavy (non-hydrogen) atoms. The highest BCUT2D eigenvalue weighted by molar-refractivity contribution is 6.32. The standard InChI is InChI=1S/C23H27N2O.C6H5B/c26-22(18-25-17-7-16-24-15-6-2-5-10-23(24)25)21-13-11-20(12-14-21)19-8-3-1-4-9-19;7-6-4-2-1-3-5-6/h1,3-4,8-9,11-14H,2,5-7,10,15-18H2;1-5H/q+1;-1. The van der Waals surface area contributed by atoms with Crippen LogP contribution in [0.4, 0.5) is 0 Å². The zero-order valence-corrected chi connectivity index (χ0v) is 19.3. The average Bonchev–Trinajstić information content (AvgIpc) is 3.12. The highest BCUT2D eigenvalue weighted by atomic mass is 16.1. The van der Waals surface area contributed by atoms with E-state index >= 15 is 0 Å². The van der Waals surface area contributed by atoms with E-state index in [0.717, 1.165) is 49.1 Å². The summed E-state index contributed by atoms with van der Waals surface area (Å²) < 4.78 is 2.52. The number of nitrogens with zero attached hydrogens (tertiary/aromatic N) is 2. The molecule has 0 fully saturated rings. The number of carbonyl (C=O) groups excluding carboxylic acids is 1. The third kappa shape index (κ3) is 6.44. The van der Waals surface area contributed by atoms with Crippen LogP contribution < -0.4 is 5.46 Å². The van der Waals surface area contributed by atoms with Crippen LogP contribution in [0.5, 0.6) is 0 Å². The summed E-state index contributed by atoms with van der Waals surface area (Å²) in [6.07, 6.45) is 6.13. The Labute approximate surface area is 199 Å². The summed E-state index contributed by atoms with van der Waals surface area (Å²) in [6.45, 7) is 3.84. The first-order valence-corrected chi connectivity index (χ1v) is 12.1. The third-order valence-electron chi connectivity index (χ3n) is 6.36. The molecule has 0 unspecified atom stereocenters. The maximum atomic E-state index is 12.8. The topological polar surface area (TPSA) is 23.3 Å². The molecule has 4 heteroatoms. The summed E-state index contributed by atoms with van der Waals surface area (Å²) in [4.78, 5) is 15.2. The molecule has 2 heterocycles. The normalized spacial score (nSPS) is 15.7. The van der Waals surface area contributed by atoms with Crippen molar-refractivity contribution < 1.29 is 9.37 Å². The largest absolute Gasteiger partial charge is 0.580 e. The van der Waals surface area contributed by atoms with Crippen LogP contribution in [0.1, 0.15) is 42.5 Å². The smallest absolute Gasteiger partial charge is 0.247 e. The SMILES string of the molecule is O=C(CN1CCC[N+]2=C1CCCCC2)c1ccc(-c2ccccc2)cc1.[B-]c1ccccc1. The molecule has 0 amide bonds. The molecule has 0 N–H and O–H groups in total. The third-order valence-corrected chi connectivity index (χ3v) is 6.36. The number of ketones is 1. The number of benzene rings is 3. The zero-order valence-electron chi connectivity index (χ0n) is 19.3. The summed E-state index contributed by atoms with van der Waals surface area (Å²) in [7, 11) is 5.36. The summed E-state index contributed by atoms with van der Waals surface area (Å²) in [5, 5.41) is 0. The van der Waals surface area contributed by atoms with Crippen molar-refractivity contribution in [2.75, 3.05) is 26.2 Å². The predicted molar refractivity (Wildman–Crippen MR) is 138 cm³/mol. The molecule has 3 radical (unpaired) electrons. The van der Waals surface area contributed by atoms with Gasteiger partial charge in [0.2, 0.25) is 11.6 Å². The van der Waals surface area contributed by atoms with Crippen molar-refractivity contribution in [3.63, 3.8) is 0 Å². The molecule has 0 saturated carbocycles. The predicted octanol–water partition coefficient (Wildman–Crippen LogP) is 4.71. The summed E-state index contributed by atoms with van der Waals surface area (Å²) in [5.74, 6) is 1.63. The Morgan fingerprint density at radius 1 is 0.758 bits per heavy atom. The van der Waals surface area contributed by atoms with Crippen LogP contribution in [-0.4, -0.2) is 55.1 Å². The molecular weight excluding hydrogens is 403 g/mol. The second kappa shape index (κ2) is 11.6. The van der Waals surface area contributed by atoms with Gasteiger partial charge in [-0.05, 0) is 30.4 Å². The first-order valence-electron chi connectivity index (χ1n) is 12.1. The van der Waals surface area contributed by atoms with Gasteiger partial charge in [-0.25, -0.2) is 0 Å². The second-order valence-electron chi connectivity index (χ2n) is 8.77. The van der Waals surface area contributed by atoms with Gasteiger partial charge < -0.3 is 13.3 Å². The van der Waals surface area contributed by atoms with Crippen molar-refractivity contribution in [2.24, 2.45) is 0 Å². The van der Waals surface area contributed by atoms with Crippen LogP contribution in [0.15, 0.2) is 84.9 Å². The lowest BCUT2D eigenvalue weighted by Gasteiger charge is -2.25. The van der Waals surface area contributed by atoms with Gasteiger partial charge in [0.05, 0.1) is 19.6 Å². The van der Waals surface area contributed by atoms with E-state index in [4.69, 9.17) is 7.85 Å². The second-order valence-corrected chi connectivity index (χ2v) is 8.77. The molecule has 3 aromatic rings. The van der Waals surface area contributed by atoms with Crippen molar-refractivity contribution in [1.29, 1.82) is 0 Å². The molecule has 2 aliphatic rings. The van der Waals surface area contributed by atoms with Gasteiger partial charge in [0, 0.05) is 18.4 Å². The van der Waals surface area contributed by atoms with E-state index in [9.17, 15) is 4.79 Å². The summed E-state index contributed by atoms with van der Waals surface area (Å²) >= 11 is 0. The summed E-state index contributed by atoms with van der Waals surface area (Å²) in [6, 6.07) is 27.9. The van der Waals surface area contributed by atoms with Crippen molar-refractivity contribution in [2.45, 2.75) is 32.1 Å². The molecule has 0 aliphatic carbocycles. The molecule has 0 aromatic heterocycles. The van der Waals surface area contributed by atoms with Gasteiger partial charge in [-0.15, -0.1) is 12.1 Å². The molecule has 3 nitrogen and oxygen atoms in total. The number of carbonyl (C=O) groups is 1. The zero-order chi connectivity index (χ0) is 22.9. The Balaban J connectivity index is 0.000000318. The highest BCUT2D eigenvalue weighted by Crippen LogP contribution is 2.20. The van der Waals surface area contributed by atoms with Crippen LogP contribution in [0.2, 0.25) is 0 Å². The Bertz CT molecular complexity index is 1060. The summed E-state index contributed by atoms with van der Waals surface area (Å²) in [5.41, 5.74) is 3.98. The monoisotopic (exact) mass is 435 g/mol. The van der Waals surface area contributed by atoms with E-state index in [-0.39, 0.29) is 5.78 Å². The minimum atomic E-state index is 0.225. The quantitative estimate of drug-likeness (QED) is 0.337. The number of hydrogen-bond acceptors (Lipinski definition) is 2. The van der Waals surface area contributed by atoms with Gasteiger partial charge in [-0.2, -0.15) is 0 Å². The van der Waals surface area contributed by atoms with Gasteiger partial charge in [0.1, 0.15) is 6.54 Å². The van der Waals surface area contributed by atoms with E-state index in [1.165, 1.54) is 30.7 Å². The lowest BCUT2D eigenvalue weighted by Crippen LogP contribution is -2.46.